The van der Waals surface area contributed by atoms with Crippen molar-refractivity contribution in [3.63, 3.8) is 0 Å². The predicted octanol–water partition coefficient (Wildman–Crippen LogP) is 1.59. The molecule has 0 aliphatic heterocycles. The molecule has 0 amide bonds. The van der Waals surface area contributed by atoms with Crippen molar-refractivity contribution in [3.05, 3.63) is 0 Å². The smallest absolute Gasteiger partial charge is 0.154 e. The minimum atomic E-state index is -0.113. The number of ketones is 1. The Hall–Kier alpha value is -0.0400. The number of Topliss-reactive ketones (excluding diaryl/α,β-unsaturated/α-hetero) is 1. The summed E-state index contributed by atoms with van der Waals surface area (Å²) in [6, 6.07) is 0. The van der Waals surface area contributed by atoms with Crippen molar-refractivity contribution >= 4 is 17.4 Å². The lowest BCUT2D eigenvalue weighted by Crippen LogP contribution is -2.45. The summed E-state index contributed by atoms with van der Waals surface area (Å²) >= 11 is 5.75. The number of fused-ring (bicyclic) bond motifs is 1. The maximum atomic E-state index is 10.9. The highest BCUT2D eigenvalue weighted by Gasteiger charge is 2.50. The second-order valence-electron chi connectivity index (χ2n) is 3.01. The van der Waals surface area contributed by atoms with Gasteiger partial charge in [0.1, 0.15) is 0 Å². The Labute approximate surface area is 59.4 Å². The highest BCUT2D eigenvalue weighted by molar-refractivity contribution is 6.34. The summed E-state index contributed by atoms with van der Waals surface area (Å²) in [6.45, 7) is 0. The van der Waals surface area contributed by atoms with Gasteiger partial charge >= 0.3 is 0 Å². The molecule has 2 rings (SSSR count). The van der Waals surface area contributed by atoms with Gasteiger partial charge in [0.05, 0.1) is 5.38 Å². The molecular formula is C7H9ClO. The van der Waals surface area contributed by atoms with Crippen molar-refractivity contribution in [2.45, 2.75) is 24.6 Å². The summed E-state index contributed by atoms with van der Waals surface area (Å²) in [4.78, 5) is 10.9. The van der Waals surface area contributed by atoms with E-state index in [0.717, 1.165) is 6.42 Å². The van der Waals surface area contributed by atoms with Gasteiger partial charge in [0, 0.05) is 5.92 Å². The topological polar surface area (TPSA) is 17.1 Å². The van der Waals surface area contributed by atoms with Crippen LogP contribution in [0.15, 0.2) is 0 Å². The van der Waals surface area contributed by atoms with Crippen LogP contribution in [0.5, 0.6) is 0 Å². The molecule has 2 aliphatic rings. The summed E-state index contributed by atoms with van der Waals surface area (Å²) < 4.78 is 0. The van der Waals surface area contributed by atoms with E-state index < -0.39 is 0 Å². The lowest BCUT2D eigenvalue weighted by Gasteiger charge is -2.33. The van der Waals surface area contributed by atoms with Gasteiger partial charge in [-0.25, -0.2) is 0 Å². The zero-order valence-electron chi connectivity index (χ0n) is 5.14. The highest BCUT2D eigenvalue weighted by atomic mass is 35.5. The van der Waals surface area contributed by atoms with Gasteiger partial charge in [0.15, 0.2) is 5.78 Å². The molecular weight excluding hydrogens is 136 g/mol. The van der Waals surface area contributed by atoms with Crippen molar-refractivity contribution < 1.29 is 4.79 Å². The van der Waals surface area contributed by atoms with Crippen LogP contribution in [0.4, 0.5) is 0 Å². The van der Waals surface area contributed by atoms with E-state index in [1.54, 1.807) is 0 Å². The van der Waals surface area contributed by atoms with Gasteiger partial charge < -0.3 is 0 Å². The molecule has 0 saturated heterocycles. The van der Waals surface area contributed by atoms with Gasteiger partial charge in [0.2, 0.25) is 0 Å². The number of alkyl halides is 1. The quantitative estimate of drug-likeness (QED) is 0.472. The highest BCUT2D eigenvalue weighted by Crippen LogP contribution is 2.46. The Morgan fingerprint density at radius 3 is 2.89 bits per heavy atom. The van der Waals surface area contributed by atoms with Crippen LogP contribution >= 0.6 is 11.6 Å². The Kier molecular flexibility index (Phi) is 1.10. The first-order valence-electron chi connectivity index (χ1n) is 3.48. The fraction of sp³-hybridized carbons (Fsp3) is 0.857. The van der Waals surface area contributed by atoms with Crippen LogP contribution in [-0.4, -0.2) is 11.2 Å². The van der Waals surface area contributed by atoms with Crippen LogP contribution in [-0.2, 0) is 4.79 Å². The molecule has 2 heteroatoms. The molecule has 0 unspecified atom stereocenters. The number of rotatable bonds is 0. The van der Waals surface area contributed by atoms with Gasteiger partial charge in [-0.15, -0.1) is 11.6 Å². The van der Waals surface area contributed by atoms with E-state index in [0.29, 0.717) is 17.6 Å². The third kappa shape index (κ3) is 0.586. The molecule has 3 atom stereocenters. The summed E-state index contributed by atoms with van der Waals surface area (Å²) in [7, 11) is 0. The fourth-order valence-corrected chi connectivity index (χ4v) is 2.45. The first-order valence-corrected chi connectivity index (χ1v) is 3.92. The molecule has 0 radical (unpaired) electrons. The van der Waals surface area contributed by atoms with Crippen LogP contribution in [0.1, 0.15) is 19.3 Å². The molecule has 0 bridgehead atoms. The Bertz CT molecular complexity index is 155. The minimum Gasteiger partial charge on any atom is -0.298 e. The first kappa shape index (κ1) is 5.72. The average molecular weight is 145 g/mol. The second kappa shape index (κ2) is 1.72. The number of carbonyl (C=O) groups is 1. The zero-order chi connectivity index (χ0) is 6.43. The molecule has 0 aromatic carbocycles. The summed E-state index contributed by atoms with van der Waals surface area (Å²) in [6.07, 6.45) is 3.50. The Morgan fingerprint density at radius 2 is 2.22 bits per heavy atom. The molecule has 0 N–H and O–H groups in total. The third-order valence-corrected chi connectivity index (χ3v) is 3.12. The van der Waals surface area contributed by atoms with E-state index in [-0.39, 0.29) is 5.38 Å². The van der Waals surface area contributed by atoms with Crippen molar-refractivity contribution in [1.29, 1.82) is 0 Å². The normalized spacial score (nSPS) is 48.6. The van der Waals surface area contributed by atoms with Gasteiger partial charge in [-0.05, 0) is 18.8 Å². The van der Waals surface area contributed by atoms with E-state index in [9.17, 15) is 4.79 Å². The van der Waals surface area contributed by atoms with Crippen molar-refractivity contribution in [2.75, 3.05) is 0 Å². The van der Waals surface area contributed by atoms with Crippen LogP contribution < -0.4 is 0 Å². The number of halogens is 1. The number of hydrogen-bond donors (Lipinski definition) is 0. The lowest BCUT2D eigenvalue weighted by molar-refractivity contribution is -0.131. The molecule has 2 saturated carbocycles. The van der Waals surface area contributed by atoms with Crippen LogP contribution in [0.3, 0.4) is 0 Å². The van der Waals surface area contributed by atoms with Gasteiger partial charge in [-0.1, -0.05) is 6.42 Å². The molecule has 50 valence electrons. The van der Waals surface area contributed by atoms with Crippen molar-refractivity contribution in [1.82, 2.24) is 0 Å². The molecule has 2 fully saturated rings. The SMILES string of the molecule is O=C1[C@@H](Cl)[C@H]2CCC[C@@H]12. The fourth-order valence-electron chi connectivity index (χ4n) is 1.99. The van der Waals surface area contributed by atoms with Gasteiger partial charge in [0.25, 0.3) is 0 Å². The lowest BCUT2D eigenvalue weighted by atomic mass is 9.74. The maximum absolute atomic E-state index is 10.9. The van der Waals surface area contributed by atoms with E-state index in [1.165, 1.54) is 12.8 Å². The summed E-state index contributed by atoms with van der Waals surface area (Å²) in [5, 5.41) is -0.113. The summed E-state index contributed by atoms with van der Waals surface area (Å²) in [5.74, 6) is 1.23. The van der Waals surface area contributed by atoms with E-state index in [1.807, 2.05) is 0 Å². The molecule has 0 heterocycles. The Balaban J connectivity index is 2.14. The van der Waals surface area contributed by atoms with Crippen LogP contribution in [0.25, 0.3) is 0 Å². The molecule has 9 heavy (non-hydrogen) atoms. The summed E-state index contributed by atoms with van der Waals surface area (Å²) in [5.41, 5.74) is 0. The molecule has 0 spiro atoms. The largest absolute Gasteiger partial charge is 0.298 e. The molecule has 0 aromatic rings. The standard InChI is InChI=1S/C7H9ClO/c8-6-4-2-1-3-5(4)7(6)9/h4-6H,1-3H2/t4-,5+,6-/m0/s1. The third-order valence-electron chi connectivity index (χ3n) is 2.58. The second-order valence-corrected chi connectivity index (χ2v) is 3.48. The number of hydrogen-bond acceptors (Lipinski definition) is 1. The van der Waals surface area contributed by atoms with Crippen LogP contribution in [0, 0.1) is 11.8 Å². The predicted molar refractivity (Wildman–Crippen MR) is 35.5 cm³/mol. The molecule has 2 aliphatic carbocycles. The van der Waals surface area contributed by atoms with Crippen molar-refractivity contribution in [3.8, 4) is 0 Å². The minimum absolute atomic E-state index is 0.113. The maximum Gasteiger partial charge on any atom is 0.154 e. The Morgan fingerprint density at radius 1 is 1.44 bits per heavy atom. The van der Waals surface area contributed by atoms with Crippen molar-refractivity contribution in [2.24, 2.45) is 11.8 Å². The van der Waals surface area contributed by atoms with Gasteiger partial charge in [-0.2, -0.15) is 0 Å². The van der Waals surface area contributed by atoms with E-state index in [2.05, 4.69) is 0 Å². The monoisotopic (exact) mass is 144 g/mol. The molecule has 0 aromatic heterocycles. The zero-order valence-corrected chi connectivity index (χ0v) is 5.90. The van der Waals surface area contributed by atoms with E-state index >= 15 is 0 Å². The average Bonchev–Trinajstić information content (AvgIpc) is 2.30. The molecule has 1 nitrogen and oxygen atoms in total. The van der Waals surface area contributed by atoms with Crippen LogP contribution in [0.2, 0.25) is 0 Å². The first-order chi connectivity index (χ1) is 4.30. The number of carbonyl (C=O) groups excluding carboxylic acids is 1. The van der Waals surface area contributed by atoms with Gasteiger partial charge in [-0.3, -0.25) is 4.79 Å². The van der Waals surface area contributed by atoms with E-state index in [4.69, 9.17) is 11.6 Å².